The number of carboxylic acid groups (broad SMARTS) is 1. The summed E-state index contributed by atoms with van der Waals surface area (Å²) in [7, 11) is -3.66. The predicted molar refractivity (Wildman–Crippen MR) is 51.7 cm³/mol. The Bertz CT molecular complexity index is 431. The highest BCUT2D eigenvalue weighted by atomic mass is 32.2. The van der Waals surface area contributed by atoms with Crippen LogP contribution in [0.25, 0.3) is 0 Å². The molecule has 15 heavy (non-hydrogen) atoms. The predicted octanol–water partition coefficient (Wildman–Crippen LogP) is -0.307. The third-order valence-electron chi connectivity index (χ3n) is 1.42. The molecule has 0 aromatic carbocycles. The number of anilines is 1. The van der Waals surface area contributed by atoms with Gasteiger partial charge in [0.25, 0.3) is 0 Å². The second-order valence-corrected chi connectivity index (χ2v) is 4.52. The van der Waals surface area contributed by atoms with Gasteiger partial charge in [0.1, 0.15) is 0 Å². The molecule has 0 bridgehead atoms. The maximum atomic E-state index is 11.3. The Morgan fingerprint density at radius 3 is 2.80 bits per heavy atom. The molecule has 0 spiro atoms. The quantitative estimate of drug-likeness (QED) is 0.719. The Hall–Kier alpha value is -1.70. The number of hydrogen-bond acceptors (Lipinski definition) is 5. The summed E-state index contributed by atoms with van der Waals surface area (Å²) < 4.78 is 24.6. The molecule has 1 heterocycles. The van der Waals surface area contributed by atoms with E-state index in [4.69, 9.17) is 5.11 Å². The first-order valence-electron chi connectivity index (χ1n) is 3.99. The second kappa shape index (κ2) is 4.69. The van der Waals surface area contributed by atoms with Gasteiger partial charge in [0.15, 0.2) is 5.82 Å². The van der Waals surface area contributed by atoms with Crippen molar-refractivity contribution in [2.45, 2.75) is 6.42 Å². The fourth-order valence-electron chi connectivity index (χ4n) is 0.788. The SMILES string of the molecule is O=C(O)CCS(=O)(=O)Nc1cccnn1. The molecule has 0 aliphatic rings. The van der Waals surface area contributed by atoms with Gasteiger partial charge in [0.05, 0.1) is 12.2 Å². The topological polar surface area (TPSA) is 109 Å². The number of nitrogens with one attached hydrogen (secondary N) is 1. The molecule has 0 fully saturated rings. The van der Waals surface area contributed by atoms with Crippen LogP contribution < -0.4 is 4.72 Å². The molecule has 1 rings (SSSR count). The Kier molecular flexibility index (Phi) is 3.56. The fraction of sp³-hybridized carbons (Fsp3) is 0.286. The molecule has 8 heteroatoms. The highest BCUT2D eigenvalue weighted by Gasteiger charge is 2.13. The smallest absolute Gasteiger partial charge is 0.304 e. The van der Waals surface area contributed by atoms with Crippen LogP contribution in [0, 0.1) is 0 Å². The molecular formula is C7H9N3O4S. The first-order chi connectivity index (χ1) is 6.99. The molecular weight excluding hydrogens is 222 g/mol. The molecule has 0 aliphatic carbocycles. The molecule has 0 atom stereocenters. The Labute approximate surface area is 86.2 Å². The molecule has 0 amide bonds. The van der Waals surface area contributed by atoms with Gasteiger partial charge in [0, 0.05) is 6.20 Å². The molecule has 0 radical (unpaired) electrons. The number of nitrogens with zero attached hydrogens (tertiary/aromatic N) is 2. The lowest BCUT2D eigenvalue weighted by Crippen LogP contribution is -2.19. The van der Waals surface area contributed by atoms with Gasteiger partial charge in [-0.05, 0) is 12.1 Å². The molecule has 1 aromatic heterocycles. The van der Waals surface area contributed by atoms with Gasteiger partial charge in [-0.3, -0.25) is 9.52 Å². The first kappa shape index (κ1) is 11.4. The monoisotopic (exact) mass is 231 g/mol. The van der Waals surface area contributed by atoms with E-state index in [1.807, 2.05) is 0 Å². The average Bonchev–Trinajstić information content (AvgIpc) is 2.16. The van der Waals surface area contributed by atoms with Gasteiger partial charge in [-0.25, -0.2) is 8.42 Å². The van der Waals surface area contributed by atoms with Crippen molar-refractivity contribution in [3.05, 3.63) is 18.3 Å². The van der Waals surface area contributed by atoms with Crippen LogP contribution in [0.15, 0.2) is 18.3 Å². The number of carboxylic acids is 1. The van der Waals surface area contributed by atoms with Gasteiger partial charge in [-0.2, -0.15) is 5.10 Å². The van der Waals surface area contributed by atoms with Gasteiger partial charge < -0.3 is 5.11 Å². The van der Waals surface area contributed by atoms with Crippen LogP contribution in [0.3, 0.4) is 0 Å². The van der Waals surface area contributed by atoms with Gasteiger partial charge in [0.2, 0.25) is 10.0 Å². The molecule has 0 unspecified atom stereocenters. The van der Waals surface area contributed by atoms with Crippen LogP contribution in [-0.4, -0.2) is 35.4 Å². The van der Waals surface area contributed by atoms with E-state index in [1.54, 1.807) is 0 Å². The maximum Gasteiger partial charge on any atom is 0.304 e. The number of aliphatic carboxylic acids is 1. The van der Waals surface area contributed by atoms with Crippen molar-refractivity contribution < 1.29 is 18.3 Å². The number of hydrogen-bond donors (Lipinski definition) is 2. The highest BCUT2D eigenvalue weighted by Crippen LogP contribution is 2.03. The van der Waals surface area contributed by atoms with Crippen molar-refractivity contribution in [3.8, 4) is 0 Å². The van der Waals surface area contributed by atoms with E-state index in [-0.39, 0.29) is 5.82 Å². The van der Waals surface area contributed by atoms with Crippen LogP contribution in [0.4, 0.5) is 5.82 Å². The molecule has 7 nitrogen and oxygen atoms in total. The normalized spacial score (nSPS) is 10.9. The molecule has 0 saturated carbocycles. The summed E-state index contributed by atoms with van der Waals surface area (Å²) in [6.45, 7) is 0. The third-order valence-corrected chi connectivity index (χ3v) is 2.68. The zero-order valence-electron chi connectivity index (χ0n) is 7.62. The third kappa shape index (κ3) is 4.36. The number of sulfonamides is 1. The van der Waals surface area contributed by atoms with Crippen LogP contribution in [0.5, 0.6) is 0 Å². The van der Waals surface area contributed by atoms with E-state index >= 15 is 0 Å². The average molecular weight is 231 g/mol. The van der Waals surface area contributed by atoms with Gasteiger partial charge >= 0.3 is 5.97 Å². The summed E-state index contributed by atoms with van der Waals surface area (Å²) in [4.78, 5) is 10.2. The molecule has 1 aromatic rings. The zero-order chi connectivity index (χ0) is 11.3. The van der Waals surface area contributed by atoms with E-state index in [0.717, 1.165) is 0 Å². The highest BCUT2D eigenvalue weighted by molar-refractivity contribution is 7.92. The Morgan fingerprint density at radius 2 is 2.27 bits per heavy atom. The van der Waals surface area contributed by atoms with Crippen molar-refractivity contribution in [2.75, 3.05) is 10.5 Å². The van der Waals surface area contributed by atoms with E-state index in [1.165, 1.54) is 18.3 Å². The zero-order valence-corrected chi connectivity index (χ0v) is 8.44. The Morgan fingerprint density at radius 1 is 1.53 bits per heavy atom. The second-order valence-electron chi connectivity index (χ2n) is 2.67. The largest absolute Gasteiger partial charge is 0.481 e. The number of aromatic nitrogens is 2. The number of rotatable bonds is 5. The van der Waals surface area contributed by atoms with Crippen molar-refractivity contribution >= 4 is 21.8 Å². The fourth-order valence-corrected chi connectivity index (χ4v) is 1.76. The molecule has 0 aliphatic heterocycles. The van der Waals surface area contributed by atoms with Gasteiger partial charge in [-0.1, -0.05) is 0 Å². The van der Waals surface area contributed by atoms with Crippen LogP contribution in [0.2, 0.25) is 0 Å². The van der Waals surface area contributed by atoms with Gasteiger partial charge in [-0.15, -0.1) is 5.10 Å². The summed E-state index contributed by atoms with van der Waals surface area (Å²) in [5.41, 5.74) is 0. The summed E-state index contributed by atoms with van der Waals surface area (Å²) in [5, 5.41) is 15.3. The van der Waals surface area contributed by atoms with Crippen molar-refractivity contribution in [1.82, 2.24) is 10.2 Å². The van der Waals surface area contributed by atoms with E-state index in [9.17, 15) is 13.2 Å². The minimum atomic E-state index is -3.66. The first-order valence-corrected chi connectivity index (χ1v) is 5.65. The molecule has 82 valence electrons. The lowest BCUT2D eigenvalue weighted by Gasteiger charge is -2.04. The standard InChI is InChI=1S/C7H9N3O4S/c11-7(12)3-5-15(13,14)10-6-2-1-4-8-9-6/h1-2,4H,3,5H2,(H,9,10)(H,11,12). The van der Waals surface area contributed by atoms with E-state index < -0.39 is 28.2 Å². The Balaban J connectivity index is 2.61. The van der Waals surface area contributed by atoms with Crippen molar-refractivity contribution in [3.63, 3.8) is 0 Å². The minimum absolute atomic E-state index is 0.0721. The maximum absolute atomic E-state index is 11.3. The van der Waals surface area contributed by atoms with Crippen LogP contribution in [-0.2, 0) is 14.8 Å². The lowest BCUT2D eigenvalue weighted by molar-refractivity contribution is -0.136. The summed E-state index contributed by atoms with van der Waals surface area (Å²) in [6, 6.07) is 2.94. The summed E-state index contributed by atoms with van der Waals surface area (Å²) >= 11 is 0. The van der Waals surface area contributed by atoms with Crippen LogP contribution >= 0.6 is 0 Å². The van der Waals surface area contributed by atoms with E-state index in [2.05, 4.69) is 14.9 Å². The van der Waals surface area contributed by atoms with Crippen molar-refractivity contribution in [1.29, 1.82) is 0 Å². The van der Waals surface area contributed by atoms with E-state index in [0.29, 0.717) is 0 Å². The van der Waals surface area contributed by atoms with Crippen molar-refractivity contribution in [2.24, 2.45) is 0 Å². The van der Waals surface area contributed by atoms with Crippen LogP contribution in [0.1, 0.15) is 6.42 Å². The lowest BCUT2D eigenvalue weighted by atomic mass is 10.5. The number of carbonyl (C=O) groups is 1. The summed E-state index contributed by atoms with van der Waals surface area (Å²) in [6.07, 6.45) is 0.949. The summed E-state index contributed by atoms with van der Waals surface area (Å²) in [5.74, 6) is -1.58. The molecule has 2 N–H and O–H groups in total. The minimum Gasteiger partial charge on any atom is -0.481 e. The molecule has 0 saturated heterocycles.